The second-order valence-electron chi connectivity index (χ2n) is 6.81. The Bertz CT molecular complexity index is 1410. The quantitative estimate of drug-likeness (QED) is 0.439. The van der Waals surface area contributed by atoms with Crippen LogP contribution in [-0.4, -0.2) is 39.8 Å². The Morgan fingerprint density at radius 3 is 2.62 bits per heavy atom. The van der Waals surface area contributed by atoms with E-state index in [1.165, 1.54) is 27.4 Å². The number of hydrogen-bond acceptors (Lipinski definition) is 7. The summed E-state index contributed by atoms with van der Waals surface area (Å²) < 4.78 is 41.4. The van der Waals surface area contributed by atoms with Gasteiger partial charge in [-0.1, -0.05) is 24.8 Å². The van der Waals surface area contributed by atoms with E-state index in [4.69, 9.17) is 5.73 Å². The Balaban J connectivity index is 1.77. The number of phenols is 1. The molecular formula is C21H19FN6O3S. The number of rotatable bonds is 7. The highest BCUT2D eigenvalue weighted by atomic mass is 32.2. The van der Waals surface area contributed by atoms with Crippen LogP contribution in [0.2, 0.25) is 0 Å². The number of sulfonamides is 1. The first-order valence-electron chi connectivity index (χ1n) is 9.48. The van der Waals surface area contributed by atoms with Gasteiger partial charge in [-0.2, -0.15) is 5.10 Å². The summed E-state index contributed by atoms with van der Waals surface area (Å²) in [6, 6.07) is 12.4. The highest BCUT2D eigenvalue weighted by Gasteiger charge is 2.22. The molecule has 11 heteroatoms. The van der Waals surface area contributed by atoms with Crippen LogP contribution in [0.4, 0.5) is 15.9 Å². The molecule has 0 amide bonds. The third-order valence-corrected chi connectivity index (χ3v) is 6.28. The predicted octanol–water partition coefficient (Wildman–Crippen LogP) is 2.90. The Kier molecular flexibility index (Phi) is 5.49. The highest BCUT2D eigenvalue weighted by Crippen LogP contribution is 2.32. The zero-order valence-corrected chi connectivity index (χ0v) is 17.6. The van der Waals surface area contributed by atoms with Crippen LogP contribution in [0.5, 0.6) is 5.75 Å². The van der Waals surface area contributed by atoms with E-state index < -0.39 is 21.6 Å². The summed E-state index contributed by atoms with van der Waals surface area (Å²) in [6.45, 7) is 3.57. The van der Waals surface area contributed by atoms with Crippen LogP contribution in [-0.2, 0) is 16.6 Å². The lowest BCUT2D eigenvalue weighted by atomic mass is 10.1. The van der Waals surface area contributed by atoms with Gasteiger partial charge in [-0.3, -0.25) is 4.31 Å². The Morgan fingerprint density at radius 2 is 1.94 bits per heavy atom. The molecule has 0 unspecified atom stereocenters. The fraction of sp³-hybridized carbons (Fsp3) is 0.0952. The molecule has 0 aliphatic heterocycles. The van der Waals surface area contributed by atoms with E-state index in [-0.39, 0.29) is 18.9 Å². The molecule has 0 bridgehead atoms. The average molecular weight is 454 g/mol. The monoisotopic (exact) mass is 454 g/mol. The van der Waals surface area contributed by atoms with Gasteiger partial charge in [-0.05, 0) is 30.3 Å². The van der Waals surface area contributed by atoms with Crippen LogP contribution in [0.25, 0.3) is 22.3 Å². The van der Waals surface area contributed by atoms with E-state index in [2.05, 4.69) is 21.6 Å². The van der Waals surface area contributed by atoms with Crippen LogP contribution in [0.1, 0.15) is 0 Å². The first kappa shape index (κ1) is 21.2. The number of para-hydroxylation sites is 1. The Hall–Kier alpha value is -3.99. The predicted molar refractivity (Wildman–Crippen MR) is 120 cm³/mol. The van der Waals surface area contributed by atoms with Crippen molar-refractivity contribution < 1.29 is 17.9 Å². The van der Waals surface area contributed by atoms with Gasteiger partial charge in [-0.15, -0.1) is 0 Å². The summed E-state index contributed by atoms with van der Waals surface area (Å²) in [5.41, 5.74) is 7.65. The second-order valence-corrected chi connectivity index (χ2v) is 8.62. The summed E-state index contributed by atoms with van der Waals surface area (Å²) >= 11 is 0. The molecule has 0 aliphatic carbocycles. The van der Waals surface area contributed by atoms with E-state index in [9.17, 15) is 17.9 Å². The minimum absolute atomic E-state index is 0.0349. The van der Waals surface area contributed by atoms with Crippen molar-refractivity contribution >= 4 is 32.6 Å². The summed E-state index contributed by atoms with van der Waals surface area (Å²) in [4.78, 5) is 8.25. The van der Waals surface area contributed by atoms with Gasteiger partial charge < -0.3 is 10.8 Å². The van der Waals surface area contributed by atoms with Crippen LogP contribution in [0.15, 0.2) is 66.8 Å². The second kappa shape index (κ2) is 8.27. The van der Waals surface area contributed by atoms with Crippen molar-refractivity contribution in [2.75, 3.05) is 16.6 Å². The smallest absolute Gasteiger partial charge is 0.256 e. The van der Waals surface area contributed by atoms with E-state index in [1.807, 2.05) is 0 Å². The minimum atomic E-state index is -3.78. The molecule has 2 aromatic carbocycles. The van der Waals surface area contributed by atoms with Gasteiger partial charge in [0.1, 0.15) is 17.8 Å². The molecule has 0 spiro atoms. The summed E-state index contributed by atoms with van der Waals surface area (Å²) in [6.07, 6.45) is 1.28. The zero-order chi connectivity index (χ0) is 22.9. The normalized spacial score (nSPS) is 11.5. The van der Waals surface area contributed by atoms with Crippen molar-refractivity contribution in [3.05, 3.63) is 72.7 Å². The number of nitrogens with two attached hydrogens (primary N) is 1. The lowest BCUT2D eigenvalue weighted by Crippen LogP contribution is -2.32. The number of aromatic nitrogens is 4. The van der Waals surface area contributed by atoms with Crippen LogP contribution < -0.4 is 10.0 Å². The first-order valence-corrected chi connectivity index (χ1v) is 11.0. The third kappa shape index (κ3) is 3.85. The summed E-state index contributed by atoms with van der Waals surface area (Å²) in [5.74, 6) is -1.15. The number of nitrogens with zero attached hydrogens (tertiary/aromatic N) is 5. The summed E-state index contributed by atoms with van der Waals surface area (Å²) in [5, 5.41) is 15.6. The van der Waals surface area contributed by atoms with Crippen molar-refractivity contribution in [2.24, 2.45) is 0 Å². The molecule has 9 nitrogen and oxygen atoms in total. The number of halogens is 1. The molecule has 164 valence electrons. The number of aromatic hydroxyl groups is 1. The van der Waals surface area contributed by atoms with Crippen LogP contribution >= 0.6 is 0 Å². The van der Waals surface area contributed by atoms with E-state index in [0.717, 1.165) is 11.5 Å². The van der Waals surface area contributed by atoms with E-state index in [1.54, 1.807) is 30.3 Å². The third-order valence-electron chi connectivity index (χ3n) is 4.86. The van der Waals surface area contributed by atoms with Gasteiger partial charge in [0.25, 0.3) is 10.0 Å². The topological polar surface area (TPSA) is 127 Å². The molecule has 4 rings (SSSR count). The SMILES string of the molecule is C=CS(=O)(=O)N(CCn1nc(-c2ccc(F)c(O)c2)c2c(N)ncnc21)c1ccccc1. The molecular weight excluding hydrogens is 435 g/mol. The van der Waals surface area contributed by atoms with Crippen molar-refractivity contribution in [2.45, 2.75) is 6.54 Å². The van der Waals surface area contributed by atoms with Crippen LogP contribution in [0.3, 0.4) is 0 Å². The maximum absolute atomic E-state index is 13.5. The molecule has 0 saturated carbocycles. The van der Waals surface area contributed by atoms with Crippen LogP contribution in [0, 0.1) is 5.82 Å². The number of anilines is 2. The maximum atomic E-state index is 13.5. The maximum Gasteiger partial charge on any atom is 0.256 e. The van der Waals surface area contributed by atoms with Crippen molar-refractivity contribution in [1.29, 1.82) is 0 Å². The first-order chi connectivity index (χ1) is 15.3. The molecule has 2 aromatic heterocycles. The standard InChI is InChI=1S/C21H19FN6O3S/c1-2-32(30,31)28(15-6-4-3-5-7-15)11-10-27-21-18(20(23)24-13-25-21)19(26-27)14-8-9-16(22)17(29)12-14/h2-9,12-13,29H,1,10-11H2,(H2,23,24,25). The molecule has 32 heavy (non-hydrogen) atoms. The minimum Gasteiger partial charge on any atom is -0.505 e. The number of benzene rings is 2. The molecule has 0 saturated heterocycles. The molecule has 0 radical (unpaired) electrons. The molecule has 0 fully saturated rings. The van der Waals surface area contributed by atoms with Gasteiger partial charge in [0, 0.05) is 11.0 Å². The van der Waals surface area contributed by atoms with Crippen molar-refractivity contribution in [3.63, 3.8) is 0 Å². The molecule has 0 atom stereocenters. The number of phenolic OH excluding ortho intramolecular Hbond substituents is 1. The van der Waals surface area contributed by atoms with Gasteiger partial charge in [0.2, 0.25) is 0 Å². The number of hydrogen-bond donors (Lipinski definition) is 2. The Morgan fingerprint density at radius 1 is 1.19 bits per heavy atom. The fourth-order valence-electron chi connectivity index (χ4n) is 3.32. The number of nitrogen functional groups attached to an aromatic ring is 1. The van der Waals surface area contributed by atoms with Gasteiger partial charge in [0.15, 0.2) is 17.2 Å². The molecule has 0 aliphatic rings. The Labute approximate surface area is 183 Å². The van der Waals surface area contributed by atoms with Crippen molar-refractivity contribution in [1.82, 2.24) is 19.7 Å². The fourth-order valence-corrected chi connectivity index (χ4v) is 4.25. The van der Waals surface area contributed by atoms with E-state index in [0.29, 0.717) is 28.0 Å². The highest BCUT2D eigenvalue weighted by molar-refractivity contribution is 7.95. The molecule has 2 heterocycles. The lowest BCUT2D eigenvalue weighted by molar-refractivity contribution is 0.432. The average Bonchev–Trinajstić information content (AvgIpc) is 3.16. The lowest BCUT2D eigenvalue weighted by Gasteiger charge is -2.22. The zero-order valence-electron chi connectivity index (χ0n) is 16.8. The van der Waals surface area contributed by atoms with Gasteiger partial charge in [-0.25, -0.2) is 27.5 Å². The van der Waals surface area contributed by atoms with E-state index >= 15 is 0 Å². The van der Waals surface area contributed by atoms with Gasteiger partial charge >= 0.3 is 0 Å². The number of fused-ring (bicyclic) bond motifs is 1. The van der Waals surface area contributed by atoms with Gasteiger partial charge in [0.05, 0.1) is 24.2 Å². The van der Waals surface area contributed by atoms with Crippen molar-refractivity contribution in [3.8, 4) is 17.0 Å². The largest absolute Gasteiger partial charge is 0.505 e. The molecule has 4 aromatic rings. The molecule has 3 N–H and O–H groups in total. The summed E-state index contributed by atoms with van der Waals surface area (Å²) in [7, 11) is -3.78.